The highest BCUT2D eigenvalue weighted by molar-refractivity contribution is 5.82. The Morgan fingerprint density at radius 1 is 1.32 bits per heavy atom. The Hall–Kier alpha value is -0.860. The fraction of sp³-hybridized carbons (Fsp3) is 0.875. The summed E-state index contributed by atoms with van der Waals surface area (Å²) in [5, 5.41) is 0. The lowest BCUT2D eigenvalue weighted by molar-refractivity contribution is -0.149. The highest BCUT2D eigenvalue weighted by Crippen LogP contribution is 2.55. The first-order valence-electron chi connectivity index (χ1n) is 7.51. The molecule has 0 aromatic rings. The van der Waals surface area contributed by atoms with Gasteiger partial charge in [-0.05, 0) is 37.5 Å². The molecule has 2 aliphatic rings. The van der Waals surface area contributed by atoms with Crippen molar-refractivity contribution in [2.45, 2.75) is 65.7 Å². The topological polar surface area (TPSA) is 43.4 Å². The minimum Gasteiger partial charge on any atom is -0.465 e. The van der Waals surface area contributed by atoms with Gasteiger partial charge >= 0.3 is 5.97 Å². The second-order valence-electron chi connectivity index (χ2n) is 7.25. The van der Waals surface area contributed by atoms with Crippen molar-refractivity contribution in [1.29, 1.82) is 0 Å². The van der Waals surface area contributed by atoms with Gasteiger partial charge in [0.15, 0.2) is 0 Å². The van der Waals surface area contributed by atoms with Crippen molar-refractivity contribution in [3.05, 3.63) is 0 Å². The summed E-state index contributed by atoms with van der Waals surface area (Å²) in [4.78, 5) is 23.5. The van der Waals surface area contributed by atoms with Crippen molar-refractivity contribution in [1.82, 2.24) is 0 Å². The van der Waals surface area contributed by atoms with Gasteiger partial charge in [-0.1, -0.05) is 20.3 Å². The normalized spacial score (nSPS) is 34.3. The highest BCUT2D eigenvalue weighted by Gasteiger charge is 2.51. The van der Waals surface area contributed by atoms with Gasteiger partial charge in [-0.25, -0.2) is 0 Å². The molecule has 0 unspecified atom stereocenters. The third kappa shape index (κ3) is 3.18. The Labute approximate surface area is 116 Å². The molecule has 2 saturated carbocycles. The lowest BCUT2D eigenvalue weighted by Gasteiger charge is -2.39. The van der Waals surface area contributed by atoms with Crippen molar-refractivity contribution in [2.75, 3.05) is 6.61 Å². The molecular formula is C16H26O3. The molecule has 19 heavy (non-hydrogen) atoms. The van der Waals surface area contributed by atoms with Gasteiger partial charge in [-0.2, -0.15) is 0 Å². The zero-order valence-electron chi connectivity index (χ0n) is 12.5. The van der Waals surface area contributed by atoms with Crippen LogP contribution in [0.3, 0.4) is 0 Å². The number of ketones is 1. The van der Waals surface area contributed by atoms with E-state index in [2.05, 4.69) is 13.8 Å². The van der Waals surface area contributed by atoms with E-state index in [1.807, 2.05) is 0 Å². The van der Waals surface area contributed by atoms with Gasteiger partial charge in [0.1, 0.15) is 5.78 Å². The number of Topliss-reactive ketones (excluding diaryl/α,β-unsaturated/α-hetero) is 1. The fourth-order valence-corrected chi connectivity index (χ4v) is 4.11. The predicted molar refractivity (Wildman–Crippen MR) is 73.7 cm³/mol. The first-order valence-corrected chi connectivity index (χ1v) is 7.51. The molecule has 0 bridgehead atoms. The van der Waals surface area contributed by atoms with Crippen LogP contribution in [0.2, 0.25) is 0 Å². The molecule has 0 amide bonds. The summed E-state index contributed by atoms with van der Waals surface area (Å²) >= 11 is 0. The summed E-state index contributed by atoms with van der Waals surface area (Å²) in [7, 11) is 0. The largest absolute Gasteiger partial charge is 0.465 e. The maximum atomic E-state index is 12.3. The SMILES string of the molecule is CC(=O)OC[C@@]1([C@@H]2CCCCC2=O)CCC(C)(C)C1. The molecule has 0 spiro atoms. The lowest BCUT2D eigenvalue weighted by atomic mass is 9.66. The molecule has 108 valence electrons. The summed E-state index contributed by atoms with van der Waals surface area (Å²) in [6.07, 6.45) is 7.01. The first kappa shape index (κ1) is 14.5. The molecule has 2 aliphatic carbocycles. The monoisotopic (exact) mass is 266 g/mol. The maximum Gasteiger partial charge on any atom is 0.302 e. The summed E-state index contributed by atoms with van der Waals surface area (Å²) in [5.74, 6) is 0.283. The van der Waals surface area contributed by atoms with E-state index in [0.29, 0.717) is 18.8 Å². The van der Waals surface area contributed by atoms with E-state index in [-0.39, 0.29) is 22.7 Å². The number of carbonyl (C=O) groups excluding carboxylic acids is 2. The average Bonchev–Trinajstić information content (AvgIpc) is 2.64. The Balaban J connectivity index is 2.18. The number of hydrogen-bond acceptors (Lipinski definition) is 3. The second-order valence-corrected chi connectivity index (χ2v) is 7.25. The van der Waals surface area contributed by atoms with Crippen LogP contribution in [-0.4, -0.2) is 18.4 Å². The molecule has 0 aromatic carbocycles. The van der Waals surface area contributed by atoms with Crippen molar-refractivity contribution in [3.63, 3.8) is 0 Å². The van der Waals surface area contributed by atoms with Crippen LogP contribution < -0.4 is 0 Å². The van der Waals surface area contributed by atoms with Crippen molar-refractivity contribution in [2.24, 2.45) is 16.7 Å². The molecule has 0 saturated heterocycles. The number of esters is 1. The van der Waals surface area contributed by atoms with Crippen molar-refractivity contribution >= 4 is 11.8 Å². The Bertz CT molecular complexity index is 372. The Morgan fingerprint density at radius 3 is 2.58 bits per heavy atom. The van der Waals surface area contributed by atoms with E-state index >= 15 is 0 Å². The average molecular weight is 266 g/mol. The number of ether oxygens (including phenoxy) is 1. The van der Waals surface area contributed by atoms with Crippen LogP contribution in [0.5, 0.6) is 0 Å². The number of hydrogen-bond donors (Lipinski definition) is 0. The fourth-order valence-electron chi connectivity index (χ4n) is 4.11. The van der Waals surface area contributed by atoms with Gasteiger partial charge < -0.3 is 4.74 Å². The molecule has 0 heterocycles. The number of rotatable bonds is 3. The summed E-state index contributed by atoms with van der Waals surface area (Å²) in [6, 6.07) is 0. The molecule has 3 nitrogen and oxygen atoms in total. The Kier molecular flexibility index (Phi) is 4.03. The maximum absolute atomic E-state index is 12.3. The molecule has 0 aromatic heterocycles. The van der Waals surface area contributed by atoms with E-state index in [9.17, 15) is 9.59 Å². The van der Waals surface area contributed by atoms with Crippen LogP contribution in [0.1, 0.15) is 65.7 Å². The smallest absolute Gasteiger partial charge is 0.302 e. The Morgan fingerprint density at radius 2 is 2.05 bits per heavy atom. The lowest BCUT2D eigenvalue weighted by Crippen LogP contribution is -2.40. The van der Waals surface area contributed by atoms with Crippen LogP contribution in [0.4, 0.5) is 0 Å². The van der Waals surface area contributed by atoms with E-state index in [1.54, 1.807) is 0 Å². The third-order valence-electron chi connectivity index (χ3n) is 4.99. The predicted octanol–water partition coefficient (Wildman–Crippen LogP) is 3.51. The van der Waals surface area contributed by atoms with Crippen LogP contribution in [-0.2, 0) is 14.3 Å². The molecule has 2 rings (SSSR count). The molecule has 2 atom stereocenters. The zero-order chi connectivity index (χ0) is 14.1. The van der Waals surface area contributed by atoms with Crippen LogP contribution in [0, 0.1) is 16.7 Å². The minimum absolute atomic E-state index is 0.0906. The van der Waals surface area contributed by atoms with Crippen molar-refractivity contribution < 1.29 is 14.3 Å². The first-order chi connectivity index (χ1) is 8.85. The quantitative estimate of drug-likeness (QED) is 0.734. The van der Waals surface area contributed by atoms with Gasteiger partial charge in [0.2, 0.25) is 0 Å². The van der Waals surface area contributed by atoms with E-state index < -0.39 is 0 Å². The van der Waals surface area contributed by atoms with Gasteiger partial charge in [0.25, 0.3) is 0 Å². The van der Waals surface area contributed by atoms with Crippen LogP contribution in [0.15, 0.2) is 0 Å². The van der Waals surface area contributed by atoms with Crippen LogP contribution >= 0.6 is 0 Å². The second kappa shape index (κ2) is 5.26. The molecule has 0 aliphatic heterocycles. The van der Waals surface area contributed by atoms with Gasteiger partial charge in [-0.15, -0.1) is 0 Å². The van der Waals surface area contributed by atoms with Gasteiger partial charge in [0, 0.05) is 24.7 Å². The van der Waals surface area contributed by atoms with Crippen molar-refractivity contribution in [3.8, 4) is 0 Å². The highest BCUT2D eigenvalue weighted by atomic mass is 16.5. The standard InChI is InChI=1S/C16H26O3/c1-12(17)19-11-16(9-8-15(2,3)10-16)13-6-4-5-7-14(13)18/h13H,4-11H2,1-3H3/t13-,16-/m1/s1. The molecular weight excluding hydrogens is 240 g/mol. The van der Waals surface area contributed by atoms with E-state index in [0.717, 1.165) is 38.5 Å². The van der Waals surface area contributed by atoms with Gasteiger partial charge in [-0.3, -0.25) is 9.59 Å². The van der Waals surface area contributed by atoms with E-state index in [1.165, 1.54) is 6.92 Å². The van der Waals surface area contributed by atoms with Gasteiger partial charge in [0.05, 0.1) is 6.61 Å². The third-order valence-corrected chi connectivity index (χ3v) is 4.99. The summed E-state index contributed by atoms with van der Waals surface area (Å²) < 4.78 is 5.33. The van der Waals surface area contributed by atoms with Crippen LogP contribution in [0.25, 0.3) is 0 Å². The summed E-state index contributed by atoms with van der Waals surface area (Å²) in [5.41, 5.74) is 0.171. The van der Waals surface area contributed by atoms with E-state index in [4.69, 9.17) is 4.74 Å². The summed E-state index contributed by atoms with van der Waals surface area (Å²) in [6.45, 7) is 6.41. The minimum atomic E-state index is -0.229. The molecule has 2 fully saturated rings. The number of carbonyl (C=O) groups is 2. The molecule has 0 radical (unpaired) electrons. The molecule has 0 N–H and O–H groups in total. The zero-order valence-corrected chi connectivity index (χ0v) is 12.5. The molecule has 3 heteroatoms.